The fraction of sp³-hybridized carbons (Fsp3) is 0.700. The number of pyridine rings is 1. The first kappa shape index (κ1) is 17.0. The lowest BCUT2D eigenvalue weighted by molar-refractivity contribution is -0.134. The van der Waals surface area contributed by atoms with Crippen LogP contribution >= 0.6 is 0 Å². The van der Waals surface area contributed by atoms with E-state index in [0.29, 0.717) is 30.4 Å². The van der Waals surface area contributed by atoms with E-state index in [1.165, 1.54) is 24.8 Å². The number of fused-ring (bicyclic) bond motifs is 1. The maximum atomic E-state index is 12.8. The number of amides is 1. The van der Waals surface area contributed by atoms with Crippen LogP contribution in [-0.4, -0.2) is 60.1 Å². The molecule has 0 spiro atoms. The molecule has 0 unspecified atom stereocenters. The summed E-state index contributed by atoms with van der Waals surface area (Å²) in [5, 5.41) is 0. The molecule has 2 saturated heterocycles. The molecule has 2 aliphatic heterocycles. The summed E-state index contributed by atoms with van der Waals surface area (Å²) in [4.78, 5) is 21.7. The predicted octanol–water partition coefficient (Wildman–Crippen LogP) is 2.18. The zero-order chi connectivity index (χ0) is 17.2. The van der Waals surface area contributed by atoms with Crippen LogP contribution in [0.2, 0.25) is 0 Å². The minimum absolute atomic E-state index is 0.103. The van der Waals surface area contributed by atoms with E-state index in [-0.39, 0.29) is 5.92 Å². The zero-order valence-electron chi connectivity index (χ0n) is 15.1. The summed E-state index contributed by atoms with van der Waals surface area (Å²) in [6.45, 7) is 4.19. The number of carbonyl (C=O) groups excluding carboxylic acids is 1. The van der Waals surface area contributed by atoms with E-state index in [9.17, 15) is 4.79 Å². The highest BCUT2D eigenvalue weighted by molar-refractivity contribution is 5.79. The van der Waals surface area contributed by atoms with Gasteiger partial charge in [0.25, 0.3) is 0 Å². The van der Waals surface area contributed by atoms with Gasteiger partial charge >= 0.3 is 0 Å². The van der Waals surface area contributed by atoms with E-state index in [1.54, 1.807) is 0 Å². The van der Waals surface area contributed by atoms with Crippen molar-refractivity contribution < 1.29 is 9.53 Å². The van der Waals surface area contributed by atoms with Gasteiger partial charge in [0.1, 0.15) is 0 Å². The number of ether oxygens (including phenoxy) is 1. The third-order valence-electron chi connectivity index (χ3n) is 6.37. The first-order chi connectivity index (χ1) is 12.2. The van der Waals surface area contributed by atoms with Gasteiger partial charge in [-0.3, -0.25) is 14.7 Å². The normalized spacial score (nSPS) is 32.2. The predicted molar refractivity (Wildman–Crippen MR) is 95.8 cm³/mol. The Morgan fingerprint density at radius 3 is 3.04 bits per heavy atom. The molecule has 0 radical (unpaired) electrons. The summed E-state index contributed by atoms with van der Waals surface area (Å²) < 4.78 is 5.42. The summed E-state index contributed by atoms with van der Waals surface area (Å²) in [6, 6.07) is 4.72. The van der Waals surface area contributed by atoms with Crippen molar-refractivity contribution in [1.82, 2.24) is 14.8 Å². The summed E-state index contributed by atoms with van der Waals surface area (Å²) in [5.74, 6) is 1.72. The van der Waals surface area contributed by atoms with Gasteiger partial charge in [-0.2, -0.15) is 0 Å². The first-order valence-electron chi connectivity index (χ1n) is 9.68. The van der Waals surface area contributed by atoms with Crippen LogP contribution < -0.4 is 0 Å². The maximum absolute atomic E-state index is 12.8. The molecule has 1 aromatic heterocycles. The van der Waals surface area contributed by atoms with Gasteiger partial charge in [0.05, 0.1) is 12.5 Å². The molecule has 5 heteroatoms. The average Bonchev–Trinajstić information content (AvgIpc) is 3.31. The number of aromatic nitrogens is 1. The van der Waals surface area contributed by atoms with Crippen LogP contribution in [0.3, 0.4) is 0 Å². The first-order valence-corrected chi connectivity index (χ1v) is 9.68. The molecular formula is C20H29N3O2. The molecule has 5 nitrogen and oxygen atoms in total. The molecule has 0 N–H and O–H groups in total. The summed E-state index contributed by atoms with van der Waals surface area (Å²) in [6.07, 6.45) is 8.47. The van der Waals surface area contributed by atoms with E-state index in [2.05, 4.69) is 27.9 Å². The van der Waals surface area contributed by atoms with Crippen LogP contribution in [-0.2, 0) is 16.1 Å². The number of likely N-dealkylation sites (tertiary alicyclic amines) is 1. The zero-order valence-corrected chi connectivity index (χ0v) is 15.1. The van der Waals surface area contributed by atoms with Gasteiger partial charge in [0.2, 0.25) is 5.91 Å². The van der Waals surface area contributed by atoms with E-state index < -0.39 is 0 Å². The van der Waals surface area contributed by atoms with Crippen LogP contribution in [0.5, 0.6) is 0 Å². The quantitative estimate of drug-likeness (QED) is 0.841. The molecule has 4 rings (SSSR count). The molecule has 25 heavy (non-hydrogen) atoms. The molecule has 1 aromatic rings. The van der Waals surface area contributed by atoms with E-state index in [0.717, 1.165) is 32.7 Å². The molecule has 3 heterocycles. The van der Waals surface area contributed by atoms with Crippen LogP contribution in [0.15, 0.2) is 24.5 Å². The minimum atomic E-state index is 0.103. The van der Waals surface area contributed by atoms with Crippen molar-refractivity contribution in [3.05, 3.63) is 30.1 Å². The highest BCUT2D eigenvalue weighted by Gasteiger charge is 2.44. The van der Waals surface area contributed by atoms with Crippen LogP contribution in [0.4, 0.5) is 0 Å². The number of hydrogen-bond acceptors (Lipinski definition) is 4. The number of nitrogens with zero attached hydrogens (tertiary/aromatic N) is 3. The number of hydrogen-bond donors (Lipinski definition) is 0. The molecule has 0 aromatic carbocycles. The Labute approximate surface area is 150 Å². The Hall–Kier alpha value is -1.46. The summed E-state index contributed by atoms with van der Waals surface area (Å²) >= 11 is 0. The van der Waals surface area contributed by atoms with Crippen molar-refractivity contribution in [1.29, 1.82) is 0 Å². The maximum Gasteiger partial charge on any atom is 0.228 e. The van der Waals surface area contributed by atoms with E-state index in [1.807, 2.05) is 18.5 Å². The highest BCUT2D eigenvalue weighted by atomic mass is 16.5. The van der Waals surface area contributed by atoms with Crippen molar-refractivity contribution in [2.75, 3.05) is 33.4 Å². The number of carbonyl (C=O) groups is 1. The topological polar surface area (TPSA) is 45.7 Å². The van der Waals surface area contributed by atoms with Crippen molar-refractivity contribution in [2.45, 2.75) is 38.3 Å². The molecule has 3 fully saturated rings. The van der Waals surface area contributed by atoms with Crippen LogP contribution in [0.25, 0.3) is 0 Å². The molecule has 136 valence electrons. The third-order valence-corrected chi connectivity index (χ3v) is 6.37. The molecule has 1 saturated carbocycles. The molecular weight excluding hydrogens is 314 g/mol. The Morgan fingerprint density at radius 2 is 2.28 bits per heavy atom. The summed E-state index contributed by atoms with van der Waals surface area (Å²) in [7, 11) is 2.23. The largest absolute Gasteiger partial charge is 0.381 e. The van der Waals surface area contributed by atoms with Crippen molar-refractivity contribution in [3.8, 4) is 0 Å². The van der Waals surface area contributed by atoms with Crippen molar-refractivity contribution >= 4 is 5.91 Å². The lowest BCUT2D eigenvalue weighted by Gasteiger charge is -2.39. The molecule has 0 bridgehead atoms. The van der Waals surface area contributed by atoms with Crippen LogP contribution in [0.1, 0.15) is 31.2 Å². The standard InChI is InChI=1S/C20H29N3O2/c1-22(11-15-4-3-8-21-10-15)19-6-2-5-16-12-23(13-18(16)19)20(24)17-7-9-25-14-17/h3-4,8,10,16-19H,2,5-7,9,11-14H2,1H3/t16-,17+,18+,19-/m1/s1. The molecule has 1 aliphatic carbocycles. The monoisotopic (exact) mass is 343 g/mol. The Morgan fingerprint density at radius 1 is 1.36 bits per heavy atom. The fourth-order valence-corrected chi connectivity index (χ4v) is 5.05. The SMILES string of the molecule is CN(Cc1cccnc1)[C@@H]1CCC[C@@H]2CN(C(=O)[C@H]3CCOC3)C[C@@H]21. The third kappa shape index (κ3) is 3.58. The lowest BCUT2D eigenvalue weighted by Crippen LogP contribution is -2.43. The van der Waals surface area contributed by atoms with Gasteiger partial charge in [-0.05, 0) is 49.8 Å². The highest BCUT2D eigenvalue weighted by Crippen LogP contribution is 2.39. The van der Waals surface area contributed by atoms with E-state index >= 15 is 0 Å². The van der Waals surface area contributed by atoms with Crippen molar-refractivity contribution in [2.24, 2.45) is 17.8 Å². The second kappa shape index (κ2) is 7.42. The Kier molecular flexibility index (Phi) is 5.04. The average molecular weight is 343 g/mol. The van der Waals surface area contributed by atoms with Gasteiger partial charge in [-0.1, -0.05) is 12.5 Å². The minimum Gasteiger partial charge on any atom is -0.381 e. The Balaban J connectivity index is 1.41. The second-order valence-electron chi connectivity index (χ2n) is 8.00. The van der Waals surface area contributed by atoms with Crippen LogP contribution in [0, 0.1) is 17.8 Å². The van der Waals surface area contributed by atoms with E-state index in [4.69, 9.17) is 4.74 Å². The van der Waals surface area contributed by atoms with Crippen molar-refractivity contribution in [3.63, 3.8) is 0 Å². The molecule has 4 atom stereocenters. The van der Waals surface area contributed by atoms with Gasteiger partial charge in [-0.25, -0.2) is 0 Å². The van der Waals surface area contributed by atoms with Gasteiger partial charge in [-0.15, -0.1) is 0 Å². The summed E-state index contributed by atoms with van der Waals surface area (Å²) in [5.41, 5.74) is 1.26. The fourth-order valence-electron chi connectivity index (χ4n) is 5.05. The van der Waals surface area contributed by atoms with Gasteiger partial charge in [0, 0.05) is 44.7 Å². The van der Waals surface area contributed by atoms with Gasteiger partial charge in [0.15, 0.2) is 0 Å². The second-order valence-corrected chi connectivity index (χ2v) is 8.00. The Bertz CT molecular complexity index is 588. The number of rotatable bonds is 4. The molecule has 1 amide bonds. The van der Waals surface area contributed by atoms with Gasteiger partial charge < -0.3 is 9.64 Å². The smallest absolute Gasteiger partial charge is 0.228 e. The molecule has 3 aliphatic rings. The lowest BCUT2D eigenvalue weighted by atomic mass is 9.77.